The predicted molar refractivity (Wildman–Crippen MR) is 146 cm³/mol. The van der Waals surface area contributed by atoms with Crippen molar-refractivity contribution in [2.45, 2.75) is 23.8 Å². The van der Waals surface area contributed by atoms with E-state index in [0.29, 0.717) is 20.9 Å². The lowest BCUT2D eigenvalue weighted by Crippen LogP contribution is -2.60. The Balaban J connectivity index is 1.40. The van der Waals surface area contributed by atoms with Gasteiger partial charge in [-0.3, -0.25) is 19.7 Å². The molecule has 0 radical (unpaired) electrons. The summed E-state index contributed by atoms with van der Waals surface area (Å²) in [6.45, 7) is -0.385. The highest BCUT2D eigenvalue weighted by atomic mass is 32.2. The second-order valence-electron chi connectivity index (χ2n) is 9.15. The van der Waals surface area contributed by atoms with Crippen molar-refractivity contribution in [3.63, 3.8) is 0 Å². The zero-order valence-corrected chi connectivity index (χ0v) is 23.3. The number of nitro groups is 1. The van der Waals surface area contributed by atoms with Crippen LogP contribution in [0.2, 0.25) is 0 Å². The van der Waals surface area contributed by atoms with E-state index in [1.807, 2.05) is 0 Å². The molecule has 43 heavy (non-hydrogen) atoms. The molecule has 4 aromatic rings. The maximum Gasteiger partial charge on any atom is 0.573 e. The number of aromatic nitrogens is 3. The number of non-ortho nitro benzene ring substituents is 1. The van der Waals surface area contributed by atoms with E-state index in [-0.39, 0.29) is 36.8 Å². The largest absolute Gasteiger partial charge is 0.573 e. The Hall–Kier alpha value is -4.62. The van der Waals surface area contributed by atoms with Gasteiger partial charge < -0.3 is 15.0 Å². The van der Waals surface area contributed by atoms with Crippen molar-refractivity contribution in [1.82, 2.24) is 24.8 Å². The number of H-pyrrole nitrogens is 1. The van der Waals surface area contributed by atoms with Crippen molar-refractivity contribution in [2.75, 3.05) is 24.5 Å². The number of anilines is 1. The first-order chi connectivity index (χ1) is 20.3. The number of rotatable bonds is 8. The van der Waals surface area contributed by atoms with Crippen LogP contribution in [0.15, 0.2) is 64.4 Å². The average Bonchev–Trinajstić information content (AvgIpc) is 3.41. The standard InChI is InChI=1S/C24H20F3N7O7S2/c25-24(26,27)41-16-5-1-14(2-6-16)11-28-21(35)19-13-32(23-30-18-12-29-31-22(36)20(18)42-23)9-10-33(19)43(39,40)17-7-3-15(4-8-17)34(37)38/h1-8,12,19H,9-11,13H2,(H,28,35)(H,31,36)/t19-/m1/s1. The molecular weight excluding hydrogens is 619 g/mol. The van der Waals surface area contributed by atoms with Crippen LogP contribution in [-0.4, -0.2) is 70.8 Å². The van der Waals surface area contributed by atoms with Crippen LogP contribution in [0.1, 0.15) is 5.56 Å². The number of nitrogens with one attached hydrogen (secondary N) is 2. The number of aromatic amines is 1. The number of alkyl halides is 3. The third-order valence-electron chi connectivity index (χ3n) is 6.38. The van der Waals surface area contributed by atoms with Crippen LogP contribution in [0.25, 0.3) is 10.2 Å². The number of hydrogen-bond donors (Lipinski definition) is 2. The molecule has 1 saturated heterocycles. The molecule has 226 valence electrons. The Morgan fingerprint density at radius 1 is 1.16 bits per heavy atom. The van der Waals surface area contributed by atoms with Gasteiger partial charge >= 0.3 is 6.36 Å². The predicted octanol–water partition coefficient (Wildman–Crippen LogP) is 2.38. The van der Waals surface area contributed by atoms with Gasteiger partial charge in [0, 0.05) is 38.3 Å². The van der Waals surface area contributed by atoms with Crippen molar-refractivity contribution in [1.29, 1.82) is 0 Å². The zero-order chi connectivity index (χ0) is 30.9. The van der Waals surface area contributed by atoms with Crippen LogP contribution in [-0.2, 0) is 21.4 Å². The van der Waals surface area contributed by atoms with Crippen LogP contribution in [0.4, 0.5) is 24.0 Å². The molecular formula is C24H20F3N7O7S2. The molecule has 1 aliphatic rings. The van der Waals surface area contributed by atoms with Crippen molar-refractivity contribution >= 4 is 48.3 Å². The summed E-state index contributed by atoms with van der Waals surface area (Å²) in [6, 6.07) is 7.69. The van der Waals surface area contributed by atoms with Gasteiger partial charge in [-0.1, -0.05) is 23.5 Å². The molecule has 0 spiro atoms. The summed E-state index contributed by atoms with van der Waals surface area (Å²) in [6.07, 6.45) is -3.50. The Morgan fingerprint density at radius 3 is 2.49 bits per heavy atom. The molecule has 19 heteroatoms. The van der Waals surface area contributed by atoms with Gasteiger partial charge in [0.15, 0.2) is 5.13 Å². The first kappa shape index (κ1) is 29.9. The van der Waals surface area contributed by atoms with Crippen LogP contribution in [0, 0.1) is 10.1 Å². The van der Waals surface area contributed by atoms with E-state index in [4.69, 9.17) is 0 Å². The van der Waals surface area contributed by atoms with Gasteiger partial charge in [0.2, 0.25) is 15.9 Å². The summed E-state index contributed by atoms with van der Waals surface area (Å²) < 4.78 is 69.7. The normalized spacial score (nSPS) is 16.3. The van der Waals surface area contributed by atoms with E-state index in [0.717, 1.165) is 52.0 Å². The number of amides is 1. The number of nitro benzene ring substituents is 1. The van der Waals surface area contributed by atoms with Gasteiger partial charge in [0.05, 0.1) is 16.0 Å². The zero-order valence-electron chi connectivity index (χ0n) is 21.6. The summed E-state index contributed by atoms with van der Waals surface area (Å²) in [5.74, 6) is -1.16. The van der Waals surface area contributed by atoms with Crippen LogP contribution < -0.4 is 20.5 Å². The van der Waals surface area contributed by atoms with E-state index >= 15 is 0 Å². The smallest absolute Gasteiger partial charge is 0.406 e. The molecule has 0 bridgehead atoms. The number of ether oxygens (including phenoxy) is 1. The fourth-order valence-corrected chi connectivity index (χ4v) is 6.87. The number of carbonyl (C=O) groups is 1. The van der Waals surface area contributed by atoms with E-state index < -0.39 is 44.6 Å². The number of thiazole rings is 1. The first-order valence-corrected chi connectivity index (χ1v) is 14.6. The summed E-state index contributed by atoms with van der Waals surface area (Å²) in [5, 5.41) is 20.0. The average molecular weight is 640 g/mol. The third kappa shape index (κ3) is 6.57. The minimum Gasteiger partial charge on any atom is -0.406 e. The van der Waals surface area contributed by atoms with Gasteiger partial charge in [-0.05, 0) is 29.8 Å². The molecule has 2 aromatic heterocycles. The van der Waals surface area contributed by atoms with Crippen LogP contribution in [0.5, 0.6) is 5.75 Å². The Labute approximate surface area is 243 Å². The van der Waals surface area contributed by atoms with Gasteiger partial charge in [0.1, 0.15) is 22.0 Å². The second-order valence-corrected chi connectivity index (χ2v) is 12.0. The quantitative estimate of drug-likeness (QED) is 0.215. The number of halogens is 3. The summed E-state index contributed by atoms with van der Waals surface area (Å²) in [7, 11) is -4.32. The number of carbonyl (C=O) groups excluding carboxylic acids is 1. The Bertz CT molecular complexity index is 1830. The van der Waals surface area contributed by atoms with Crippen LogP contribution in [0.3, 0.4) is 0 Å². The monoisotopic (exact) mass is 639 g/mol. The SMILES string of the molecule is O=C(NCc1ccc(OC(F)(F)F)cc1)[C@H]1CN(c2nc3cn[nH]c(=O)c3s2)CCN1S(=O)(=O)c1ccc([N+](=O)[O-])cc1. The Kier molecular flexibility index (Phi) is 8.04. The molecule has 2 N–H and O–H groups in total. The molecule has 0 aliphatic carbocycles. The van der Waals surface area contributed by atoms with E-state index in [9.17, 15) is 41.3 Å². The van der Waals surface area contributed by atoms with Crippen molar-refractivity contribution in [3.05, 3.63) is 80.8 Å². The maximum atomic E-state index is 13.6. The van der Waals surface area contributed by atoms with Crippen molar-refractivity contribution < 1.29 is 36.0 Å². The number of sulfonamides is 1. The topological polar surface area (TPSA) is 181 Å². The molecule has 14 nitrogen and oxygen atoms in total. The Morgan fingerprint density at radius 2 is 1.86 bits per heavy atom. The molecule has 3 heterocycles. The maximum absolute atomic E-state index is 13.6. The van der Waals surface area contributed by atoms with Gasteiger partial charge in [-0.25, -0.2) is 18.5 Å². The summed E-state index contributed by atoms with van der Waals surface area (Å²) in [5.41, 5.74) is -0.0338. The van der Waals surface area contributed by atoms with E-state index in [2.05, 4.69) is 25.2 Å². The fourth-order valence-electron chi connectivity index (χ4n) is 4.34. The number of nitrogens with zero attached hydrogens (tertiary/aromatic N) is 5. The molecule has 0 unspecified atom stereocenters. The van der Waals surface area contributed by atoms with Gasteiger partial charge in [0.25, 0.3) is 11.2 Å². The fraction of sp³-hybridized carbons (Fsp3) is 0.250. The van der Waals surface area contributed by atoms with Gasteiger partial charge in [-0.15, -0.1) is 13.2 Å². The lowest BCUT2D eigenvalue weighted by molar-refractivity contribution is -0.384. The lowest BCUT2D eigenvalue weighted by Gasteiger charge is -2.39. The lowest BCUT2D eigenvalue weighted by atomic mass is 10.1. The molecule has 1 atom stereocenters. The minimum atomic E-state index is -4.87. The highest BCUT2D eigenvalue weighted by Gasteiger charge is 2.41. The molecule has 0 saturated carbocycles. The number of hydrogen-bond acceptors (Lipinski definition) is 11. The summed E-state index contributed by atoms with van der Waals surface area (Å²) in [4.78, 5) is 41.8. The van der Waals surface area contributed by atoms with E-state index in [1.165, 1.54) is 18.3 Å². The highest BCUT2D eigenvalue weighted by Crippen LogP contribution is 2.30. The number of fused-ring (bicyclic) bond motifs is 1. The molecule has 1 aliphatic heterocycles. The minimum absolute atomic E-state index is 0.0990. The van der Waals surface area contributed by atoms with Crippen molar-refractivity contribution in [3.8, 4) is 5.75 Å². The molecule has 2 aromatic carbocycles. The van der Waals surface area contributed by atoms with E-state index in [1.54, 1.807) is 4.90 Å². The third-order valence-corrected chi connectivity index (χ3v) is 9.44. The molecule has 5 rings (SSSR count). The van der Waals surface area contributed by atoms with Crippen LogP contribution >= 0.6 is 11.3 Å². The van der Waals surface area contributed by atoms with Crippen molar-refractivity contribution in [2.24, 2.45) is 0 Å². The number of piperazine rings is 1. The highest BCUT2D eigenvalue weighted by molar-refractivity contribution is 7.89. The second kappa shape index (κ2) is 11.6. The number of benzene rings is 2. The summed E-state index contributed by atoms with van der Waals surface area (Å²) >= 11 is 1.04. The van der Waals surface area contributed by atoms with Gasteiger partial charge in [-0.2, -0.15) is 9.40 Å². The first-order valence-electron chi connectivity index (χ1n) is 12.3. The molecule has 1 amide bonds. The molecule has 1 fully saturated rings.